The van der Waals surface area contributed by atoms with E-state index in [0.29, 0.717) is 16.8 Å². The van der Waals surface area contributed by atoms with Crippen LogP contribution in [0.5, 0.6) is 0 Å². The second kappa shape index (κ2) is 7.20. The minimum atomic E-state index is -3.65. The summed E-state index contributed by atoms with van der Waals surface area (Å²) < 4.78 is 26.6. The molecule has 1 heterocycles. The molecule has 0 unspecified atom stereocenters. The molecule has 1 aliphatic rings. The van der Waals surface area contributed by atoms with Crippen molar-refractivity contribution in [3.8, 4) is 0 Å². The third-order valence-corrected chi connectivity index (χ3v) is 5.40. The summed E-state index contributed by atoms with van der Waals surface area (Å²) in [6.07, 6.45) is 0. The van der Waals surface area contributed by atoms with Crippen molar-refractivity contribution in [3.63, 3.8) is 0 Å². The number of benzene rings is 2. The van der Waals surface area contributed by atoms with Gasteiger partial charge in [0.2, 0.25) is 5.91 Å². The zero-order valence-electron chi connectivity index (χ0n) is 14.7. The fourth-order valence-electron chi connectivity index (χ4n) is 2.58. The van der Waals surface area contributed by atoms with E-state index in [1.54, 1.807) is 49.4 Å². The highest BCUT2D eigenvalue weighted by Gasteiger charge is 2.31. The van der Waals surface area contributed by atoms with Crippen LogP contribution in [-0.4, -0.2) is 39.2 Å². The lowest BCUT2D eigenvalue weighted by Gasteiger charge is -2.10. The summed E-state index contributed by atoms with van der Waals surface area (Å²) in [4.78, 5) is 28.3. The molecule has 27 heavy (non-hydrogen) atoms. The van der Waals surface area contributed by atoms with E-state index < -0.39 is 22.0 Å². The minimum Gasteiger partial charge on any atom is -0.355 e. The highest BCUT2D eigenvalue weighted by Crippen LogP contribution is 2.22. The summed E-state index contributed by atoms with van der Waals surface area (Å²) in [5, 5.41) is 5.20. The maximum atomic E-state index is 12.4. The monoisotopic (exact) mass is 386 g/mol. The second-order valence-electron chi connectivity index (χ2n) is 5.90. The number of aliphatic imine (C=N–C) groups is 1. The standard InChI is InChI=1S/C18H18N4O4S/c1-11(17(23)21-13-9-7-12(8-10-13)18(24)19-2)20-16-14-5-3-4-6-15(14)27(25,26)22-16/h3-11H,1-2H3,(H,19,24)(H,20,22)(H,21,23)/t11-/m0/s1. The van der Waals surface area contributed by atoms with Crippen LogP contribution in [-0.2, 0) is 14.8 Å². The number of nitrogens with one attached hydrogen (secondary N) is 3. The molecule has 0 bridgehead atoms. The Bertz CT molecular complexity index is 1030. The molecule has 0 saturated heterocycles. The van der Waals surface area contributed by atoms with Gasteiger partial charge in [-0.15, -0.1) is 0 Å². The first kappa shape index (κ1) is 18.6. The van der Waals surface area contributed by atoms with Crippen LogP contribution in [0.25, 0.3) is 0 Å². The van der Waals surface area contributed by atoms with Gasteiger partial charge in [0.25, 0.3) is 15.9 Å². The van der Waals surface area contributed by atoms with Gasteiger partial charge in [-0.3, -0.25) is 19.3 Å². The van der Waals surface area contributed by atoms with Crippen LogP contribution < -0.4 is 15.4 Å². The predicted octanol–water partition coefficient (Wildman–Crippen LogP) is 1.11. The van der Waals surface area contributed by atoms with Crippen LogP contribution in [0.1, 0.15) is 22.8 Å². The van der Waals surface area contributed by atoms with Gasteiger partial charge in [-0.05, 0) is 43.3 Å². The third-order valence-electron chi connectivity index (χ3n) is 4.01. The number of carbonyl (C=O) groups excluding carboxylic acids is 2. The Kier molecular flexibility index (Phi) is 4.95. The number of rotatable bonds is 4. The van der Waals surface area contributed by atoms with E-state index in [2.05, 4.69) is 20.3 Å². The summed E-state index contributed by atoms with van der Waals surface area (Å²) in [6.45, 7) is 1.57. The van der Waals surface area contributed by atoms with Crippen molar-refractivity contribution in [1.29, 1.82) is 0 Å². The Morgan fingerprint density at radius 1 is 1.07 bits per heavy atom. The first-order chi connectivity index (χ1) is 12.8. The van der Waals surface area contributed by atoms with Gasteiger partial charge in [0.05, 0.1) is 4.90 Å². The first-order valence-electron chi connectivity index (χ1n) is 8.15. The molecule has 0 saturated carbocycles. The molecule has 2 amide bonds. The number of amidine groups is 1. The van der Waals surface area contributed by atoms with E-state index in [-0.39, 0.29) is 16.6 Å². The van der Waals surface area contributed by atoms with Gasteiger partial charge in [0.1, 0.15) is 11.9 Å². The van der Waals surface area contributed by atoms with Crippen molar-refractivity contribution < 1.29 is 18.0 Å². The SMILES string of the molecule is CNC(=O)c1ccc(NC(=O)[C@H](C)N=C2NS(=O)(=O)c3ccccc32)cc1. The molecule has 0 fully saturated rings. The largest absolute Gasteiger partial charge is 0.355 e. The molecule has 3 N–H and O–H groups in total. The Balaban J connectivity index is 1.75. The molecule has 0 aromatic heterocycles. The van der Waals surface area contributed by atoms with E-state index in [0.717, 1.165) is 0 Å². The fourth-order valence-corrected chi connectivity index (χ4v) is 3.82. The Morgan fingerprint density at radius 2 is 1.74 bits per heavy atom. The number of hydrogen-bond acceptors (Lipinski definition) is 5. The van der Waals surface area contributed by atoms with Gasteiger partial charge in [0, 0.05) is 23.9 Å². The highest BCUT2D eigenvalue weighted by atomic mass is 32.2. The number of amides is 2. The van der Waals surface area contributed by atoms with Crippen LogP contribution >= 0.6 is 0 Å². The van der Waals surface area contributed by atoms with Gasteiger partial charge < -0.3 is 10.6 Å². The Hall–Kier alpha value is -3.20. The van der Waals surface area contributed by atoms with E-state index in [1.807, 2.05) is 0 Å². The van der Waals surface area contributed by atoms with Crippen LogP contribution in [0.3, 0.4) is 0 Å². The average molecular weight is 386 g/mol. The van der Waals surface area contributed by atoms with Crippen LogP contribution in [0.4, 0.5) is 5.69 Å². The highest BCUT2D eigenvalue weighted by molar-refractivity contribution is 7.90. The topological polar surface area (TPSA) is 117 Å². The molecule has 140 valence electrons. The molecule has 1 atom stereocenters. The molecule has 2 aromatic carbocycles. The summed E-state index contributed by atoms with van der Waals surface area (Å²) in [6, 6.07) is 12.0. The Morgan fingerprint density at radius 3 is 2.41 bits per heavy atom. The maximum Gasteiger partial charge on any atom is 0.263 e. The van der Waals surface area contributed by atoms with Crippen molar-refractivity contribution in [2.75, 3.05) is 12.4 Å². The molecular formula is C18H18N4O4S. The van der Waals surface area contributed by atoms with Crippen molar-refractivity contribution >= 4 is 33.4 Å². The zero-order chi connectivity index (χ0) is 19.6. The van der Waals surface area contributed by atoms with Crippen LogP contribution in [0.2, 0.25) is 0 Å². The number of carbonyl (C=O) groups is 2. The van der Waals surface area contributed by atoms with Gasteiger partial charge in [0.15, 0.2) is 0 Å². The number of anilines is 1. The zero-order valence-corrected chi connectivity index (χ0v) is 15.5. The van der Waals surface area contributed by atoms with E-state index in [9.17, 15) is 18.0 Å². The van der Waals surface area contributed by atoms with Crippen molar-refractivity contribution in [1.82, 2.24) is 10.0 Å². The molecule has 0 spiro atoms. The van der Waals surface area contributed by atoms with Crippen LogP contribution in [0, 0.1) is 0 Å². The van der Waals surface area contributed by atoms with E-state index in [4.69, 9.17) is 0 Å². The van der Waals surface area contributed by atoms with E-state index >= 15 is 0 Å². The smallest absolute Gasteiger partial charge is 0.263 e. The van der Waals surface area contributed by atoms with Crippen molar-refractivity contribution in [2.24, 2.45) is 4.99 Å². The molecule has 3 rings (SSSR count). The Labute approximate surface area is 156 Å². The summed E-state index contributed by atoms with van der Waals surface area (Å²) in [5.41, 5.74) is 1.42. The summed E-state index contributed by atoms with van der Waals surface area (Å²) in [5.74, 6) is -0.484. The van der Waals surface area contributed by atoms with Crippen molar-refractivity contribution in [3.05, 3.63) is 59.7 Å². The average Bonchev–Trinajstić information content (AvgIpc) is 2.92. The molecule has 0 radical (unpaired) electrons. The number of fused-ring (bicyclic) bond motifs is 1. The normalized spacial score (nSPS) is 16.9. The predicted molar refractivity (Wildman–Crippen MR) is 101 cm³/mol. The van der Waals surface area contributed by atoms with Crippen molar-refractivity contribution in [2.45, 2.75) is 17.9 Å². The number of sulfonamides is 1. The molecule has 1 aliphatic heterocycles. The lowest BCUT2D eigenvalue weighted by molar-refractivity contribution is -0.117. The molecule has 9 heteroatoms. The molecule has 2 aromatic rings. The molecular weight excluding hydrogens is 368 g/mol. The van der Waals surface area contributed by atoms with Gasteiger partial charge in [-0.25, -0.2) is 8.42 Å². The molecule has 0 aliphatic carbocycles. The fraction of sp³-hybridized carbons (Fsp3) is 0.167. The molecule has 8 nitrogen and oxygen atoms in total. The third kappa shape index (κ3) is 3.82. The maximum absolute atomic E-state index is 12.4. The van der Waals surface area contributed by atoms with Gasteiger partial charge >= 0.3 is 0 Å². The van der Waals surface area contributed by atoms with E-state index in [1.165, 1.54) is 13.1 Å². The summed E-state index contributed by atoms with van der Waals surface area (Å²) >= 11 is 0. The minimum absolute atomic E-state index is 0.140. The summed E-state index contributed by atoms with van der Waals surface area (Å²) in [7, 11) is -2.11. The number of hydrogen-bond donors (Lipinski definition) is 3. The second-order valence-corrected chi connectivity index (χ2v) is 7.55. The number of nitrogens with zero attached hydrogens (tertiary/aromatic N) is 1. The van der Waals surface area contributed by atoms with Crippen LogP contribution in [0.15, 0.2) is 58.4 Å². The van der Waals surface area contributed by atoms with Gasteiger partial charge in [-0.2, -0.15) is 0 Å². The quantitative estimate of drug-likeness (QED) is 0.730. The lowest BCUT2D eigenvalue weighted by atomic mass is 10.2. The first-order valence-corrected chi connectivity index (χ1v) is 9.63. The van der Waals surface area contributed by atoms with Gasteiger partial charge in [-0.1, -0.05) is 12.1 Å². The lowest BCUT2D eigenvalue weighted by Crippen LogP contribution is -2.28.